The van der Waals surface area contributed by atoms with Crippen molar-refractivity contribution >= 4 is 7.82 Å². The Kier molecular flexibility index (Phi) is 6.87. The average molecular weight is 593 g/mol. The fraction of sp³-hybridized carbons (Fsp3) is 0.368. The Balaban J connectivity index is 1.67. The Hall–Kier alpha value is -3.33. The van der Waals surface area contributed by atoms with Crippen LogP contribution < -0.4 is 9.05 Å². The second-order valence-electron chi connectivity index (χ2n) is 13.1. The zero-order valence-corrected chi connectivity index (χ0v) is 27.1. The number of hydrogen-bond donors (Lipinski definition) is 1. The maximum Gasteiger partial charge on any atom is 0.584 e. The summed E-state index contributed by atoms with van der Waals surface area (Å²) in [5, 5.41) is 0. The molecule has 5 heteroatoms. The van der Waals surface area contributed by atoms with Crippen molar-refractivity contribution in [3.05, 3.63) is 92.0 Å². The molecule has 0 radical (unpaired) electrons. The van der Waals surface area contributed by atoms with Crippen LogP contribution in [0.15, 0.2) is 36.4 Å². The topological polar surface area (TPSA) is 55.8 Å². The Labute approximate surface area is 255 Å². The average Bonchev–Trinajstić information content (AvgIpc) is 3.05. The molecule has 4 nitrogen and oxygen atoms in total. The summed E-state index contributed by atoms with van der Waals surface area (Å²) in [7, 11) is -4.54. The van der Waals surface area contributed by atoms with E-state index in [0.717, 1.165) is 107 Å². The molecule has 1 aliphatic heterocycles. The van der Waals surface area contributed by atoms with Gasteiger partial charge >= 0.3 is 7.82 Å². The number of phosphoric ester groups is 1. The summed E-state index contributed by atoms with van der Waals surface area (Å²) in [6.45, 7) is 12.7. The summed E-state index contributed by atoms with van der Waals surface area (Å²) < 4.78 is 26.6. The Bertz CT molecular complexity index is 1700. The largest absolute Gasteiger partial charge is 0.584 e. The summed E-state index contributed by atoms with van der Waals surface area (Å²) in [5.74, 6) is 1.00. The quantitative estimate of drug-likeness (QED) is 0.235. The van der Waals surface area contributed by atoms with Crippen LogP contribution in [0.3, 0.4) is 0 Å². The van der Waals surface area contributed by atoms with Crippen molar-refractivity contribution in [2.45, 2.75) is 92.9 Å². The van der Waals surface area contributed by atoms with Gasteiger partial charge < -0.3 is 9.05 Å². The van der Waals surface area contributed by atoms with Gasteiger partial charge in [-0.25, -0.2) is 4.57 Å². The fourth-order valence-corrected chi connectivity index (χ4v) is 9.20. The van der Waals surface area contributed by atoms with Crippen LogP contribution in [0.25, 0.3) is 33.4 Å². The first kappa shape index (κ1) is 28.4. The predicted octanol–water partition coefficient (Wildman–Crippen LogP) is 10.2. The van der Waals surface area contributed by atoms with E-state index in [-0.39, 0.29) is 0 Å². The SMILES string of the molecule is Cc1cc(C)c(-c2cc3c(c4c2OP(=O)(O)Oc2c(-c5c(C)cc(C)cc5C)cc5c(c2-4)CCCC5)CCCC3)c(C)c1. The molecule has 0 aromatic heterocycles. The molecule has 0 spiro atoms. The molecular formula is C38H41O4P. The van der Waals surface area contributed by atoms with Crippen molar-refractivity contribution < 1.29 is 18.5 Å². The monoisotopic (exact) mass is 592 g/mol. The maximum absolute atomic E-state index is 14.0. The van der Waals surface area contributed by atoms with Crippen LogP contribution in [0, 0.1) is 41.5 Å². The lowest BCUT2D eigenvalue weighted by Gasteiger charge is -2.28. The van der Waals surface area contributed by atoms with Gasteiger partial charge in [0.25, 0.3) is 0 Å². The molecule has 4 aromatic carbocycles. The molecule has 0 unspecified atom stereocenters. The van der Waals surface area contributed by atoms with Gasteiger partial charge in [0.15, 0.2) is 0 Å². The number of hydrogen-bond acceptors (Lipinski definition) is 3. The van der Waals surface area contributed by atoms with Crippen molar-refractivity contribution in [3.8, 4) is 44.9 Å². The highest BCUT2D eigenvalue weighted by Gasteiger charge is 2.40. The van der Waals surface area contributed by atoms with Gasteiger partial charge in [0.1, 0.15) is 11.5 Å². The smallest absolute Gasteiger partial charge is 0.394 e. The molecule has 0 fully saturated rings. The van der Waals surface area contributed by atoms with E-state index in [1.54, 1.807) is 0 Å². The van der Waals surface area contributed by atoms with Crippen molar-refractivity contribution in [2.24, 2.45) is 0 Å². The highest BCUT2D eigenvalue weighted by Crippen LogP contribution is 2.62. The first-order valence-electron chi connectivity index (χ1n) is 15.8. The Morgan fingerprint density at radius 3 is 1.26 bits per heavy atom. The summed E-state index contributed by atoms with van der Waals surface area (Å²) in [6, 6.07) is 13.3. The molecule has 43 heavy (non-hydrogen) atoms. The van der Waals surface area contributed by atoms with E-state index in [2.05, 4.69) is 77.9 Å². The fourth-order valence-electron chi connectivity index (χ4n) is 8.32. The van der Waals surface area contributed by atoms with Gasteiger partial charge in [0, 0.05) is 22.3 Å². The molecule has 1 heterocycles. The van der Waals surface area contributed by atoms with Gasteiger partial charge in [0.2, 0.25) is 0 Å². The number of aryl methyl sites for hydroxylation is 8. The lowest BCUT2D eigenvalue weighted by molar-refractivity contribution is 0.295. The Morgan fingerprint density at radius 1 is 0.535 bits per heavy atom. The summed E-state index contributed by atoms with van der Waals surface area (Å²) in [4.78, 5) is 11.5. The number of rotatable bonds is 2. The third-order valence-corrected chi connectivity index (χ3v) is 10.6. The lowest BCUT2D eigenvalue weighted by atomic mass is 9.76. The standard InChI is InChI=1S/C38H41O4P/c1-21-15-23(3)33(24(4)16-21)31-19-27-11-7-9-13-29(27)35-36-30-14-10-8-12-28(30)20-32(34-25(5)17-22(2)18-26(34)6)38(36)42-43(39,40)41-37(31)35/h15-20H,7-14H2,1-6H3,(H,39,40). The van der Waals surface area contributed by atoms with Crippen LogP contribution in [0.5, 0.6) is 11.5 Å². The second kappa shape index (κ2) is 10.4. The molecular weight excluding hydrogens is 551 g/mol. The van der Waals surface area contributed by atoms with Gasteiger partial charge in [-0.15, -0.1) is 0 Å². The van der Waals surface area contributed by atoms with Crippen molar-refractivity contribution in [1.29, 1.82) is 0 Å². The van der Waals surface area contributed by atoms with Crippen LogP contribution in [0.4, 0.5) is 0 Å². The highest BCUT2D eigenvalue weighted by atomic mass is 31.2. The van der Waals surface area contributed by atoms with Gasteiger partial charge in [-0.2, -0.15) is 0 Å². The lowest BCUT2D eigenvalue weighted by Crippen LogP contribution is -2.11. The van der Waals surface area contributed by atoms with Crippen molar-refractivity contribution in [1.82, 2.24) is 0 Å². The summed E-state index contributed by atoms with van der Waals surface area (Å²) in [5.41, 5.74) is 18.0. The normalized spacial score (nSPS) is 16.6. The van der Waals surface area contributed by atoms with Crippen LogP contribution in [0.2, 0.25) is 0 Å². The van der Waals surface area contributed by atoms with Crippen molar-refractivity contribution in [2.75, 3.05) is 0 Å². The molecule has 1 N–H and O–H groups in total. The predicted molar refractivity (Wildman–Crippen MR) is 176 cm³/mol. The summed E-state index contributed by atoms with van der Waals surface area (Å²) >= 11 is 0. The third kappa shape index (κ3) is 4.75. The number of phosphoric acid groups is 1. The van der Waals surface area contributed by atoms with Crippen LogP contribution >= 0.6 is 7.82 Å². The molecule has 0 amide bonds. The summed E-state index contributed by atoms with van der Waals surface area (Å²) in [6.07, 6.45) is 8.28. The number of fused-ring (bicyclic) bond motifs is 7. The van der Waals surface area contributed by atoms with Gasteiger partial charge in [-0.3, -0.25) is 4.89 Å². The van der Waals surface area contributed by atoms with E-state index in [1.807, 2.05) is 0 Å². The van der Waals surface area contributed by atoms with Crippen LogP contribution in [0.1, 0.15) is 81.3 Å². The molecule has 0 saturated heterocycles. The van der Waals surface area contributed by atoms with Gasteiger partial charge in [-0.05, 0) is 161 Å². The first-order chi connectivity index (χ1) is 20.5. The van der Waals surface area contributed by atoms with Gasteiger partial charge in [-0.1, -0.05) is 35.4 Å². The minimum absolute atomic E-state index is 0.502. The van der Waals surface area contributed by atoms with E-state index in [9.17, 15) is 9.46 Å². The van der Waals surface area contributed by atoms with Crippen molar-refractivity contribution in [3.63, 3.8) is 0 Å². The highest BCUT2D eigenvalue weighted by molar-refractivity contribution is 7.48. The second-order valence-corrected chi connectivity index (χ2v) is 14.4. The van der Waals surface area contributed by atoms with E-state index in [0.29, 0.717) is 11.5 Å². The maximum atomic E-state index is 14.0. The van der Waals surface area contributed by atoms with Gasteiger partial charge in [0.05, 0.1) is 0 Å². The third-order valence-electron chi connectivity index (χ3n) is 9.76. The molecule has 2 aliphatic carbocycles. The first-order valence-corrected chi connectivity index (χ1v) is 17.3. The minimum atomic E-state index is -4.54. The van der Waals surface area contributed by atoms with E-state index < -0.39 is 7.82 Å². The molecule has 4 aromatic rings. The molecule has 0 bridgehead atoms. The minimum Gasteiger partial charge on any atom is -0.394 e. The van der Waals surface area contributed by atoms with Crippen LogP contribution in [-0.2, 0) is 30.2 Å². The molecule has 0 saturated carbocycles. The Morgan fingerprint density at radius 2 is 0.884 bits per heavy atom. The molecule has 0 atom stereocenters. The molecule has 7 rings (SSSR count). The number of benzene rings is 4. The molecule has 3 aliphatic rings. The zero-order chi connectivity index (χ0) is 30.2. The van der Waals surface area contributed by atoms with E-state index in [4.69, 9.17) is 9.05 Å². The van der Waals surface area contributed by atoms with E-state index in [1.165, 1.54) is 33.4 Å². The van der Waals surface area contributed by atoms with E-state index >= 15 is 0 Å². The molecule has 222 valence electrons. The zero-order valence-electron chi connectivity index (χ0n) is 26.2. The van der Waals surface area contributed by atoms with Crippen LogP contribution in [-0.4, -0.2) is 4.89 Å².